The van der Waals surface area contributed by atoms with Crippen LogP contribution in [0.25, 0.3) is 0 Å². The van der Waals surface area contributed by atoms with Crippen LogP contribution in [0.2, 0.25) is 0 Å². The van der Waals surface area contributed by atoms with Gasteiger partial charge < -0.3 is 0 Å². The van der Waals surface area contributed by atoms with Gasteiger partial charge in [0.25, 0.3) is 0 Å². The van der Waals surface area contributed by atoms with E-state index in [0.29, 0.717) is 10.8 Å². The largest absolute Gasteiger partial charge is 0.292 e. The van der Waals surface area contributed by atoms with Crippen molar-refractivity contribution in [3.05, 3.63) is 60.2 Å². The third-order valence-electron chi connectivity index (χ3n) is 3.93. The van der Waals surface area contributed by atoms with Crippen molar-refractivity contribution < 1.29 is 4.79 Å². The average molecular weight is 316 g/mol. The highest BCUT2D eigenvalue weighted by Gasteiger charge is 2.43. The number of ketones is 1. The summed E-state index contributed by atoms with van der Waals surface area (Å²) in [6.45, 7) is 4.38. The van der Waals surface area contributed by atoms with Crippen molar-refractivity contribution in [3.63, 3.8) is 0 Å². The van der Waals surface area contributed by atoms with Crippen LogP contribution < -0.4 is 11.3 Å². The van der Waals surface area contributed by atoms with E-state index >= 15 is 0 Å². The minimum Gasteiger partial charge on any atom is -0.292 e. The van der Waals surface area contributed by atoms with Crippen LogP contribution in [-0.4, -0.2) is 21.8 Å². The fraction of sp³-hybridized carbons (Fsp3) is 0.389. The number of Topliss-reactive ketones (excluding diaryl/α,β-unsaturated/α-hetero) is 1. The zero-order valence-electron chi connectivity index (χ0n) is 13.2. The van der Waals surface area contributed by atoms with Gasteiger partial charge in [-0.05, 0) is 6.42 Å². The second kappa shape index (κ2) is 7.77. The van der Waals surface area contributed by atoms with E-state index < -0.39 is 5.54 Å². The Kier molecular flexibility index (Phi) is 6.00. The molecule has 1 aliphatic rings. The summed E-state index contributed by atoms with van der Waals surface area (Å²) >= 11 is 1.80. The minimum atomic E-state index is -0.886. The molecule has 3 N–H and O–H groups in total. The van der Waals surface area contributed by atoms with Crippen molar-refractivity contribution in [2.45, 2.75) is 42.7 Å². The molecule has 0 fully saturated rings. The highest BCUT2D eigenvalue weighted by atomic mass is 32.2. The number of nitrogens with two attached hydrogens (primary N) is 1. The third-order valence-corrected chi connectivity index (χ3v) is 5.45. The lowest BCUT2D eigenvalue weighted by Crippen LogP contribution is -2.60. The molecule has 0 saturated heterocycles. The summed E-state index contributed by atoms with van der Waals surface area (Å²) in [6.07, 6.45) is 10.1. The maximum absolute atomic E-state index is 13.1. The van der Waals surface area contributed by atoms with E-state index in [1.807, 2.05) is 48.6 Å². The van der Waals surface area contributed by atoms with Crippen LogP contribution in [0.15, 0.2) is 54.6 Å². The number of hydrazine groups is 1. The fourth-order valence-electron chi connectivity index (χ4n) is 2.73. The first kappa shape index (κ1) is 17.0. The Morgan fingerprint density at radius 2 is 2.09 bits per heavy atom. The van der Waals surface area contributed by atoms with Crippen LogP contribution in [0.3, 0.4) is 0 Å². The maximum atomic E-state index is 13.1. The maximum Gasteiger partial charge on any atom is 0.189 e. The third kappa shape index (κ3) is 3.51. The van der Waals surface area contributed by atoms with Crippen molar-refractivity contribution >= 4 is 17.5 Å². The van der Waals surface area contributed by atoms with Gasteiger partial charge in [0.15, 0.2) is 5.78 Å². The molecule has 1 aliphatic carbocycles. The summed E-state index contributed by atoms with van der Waals surface area (Å²) < 4.78 is 0. The van der Waals surface area contributed by atoms with Gasteiger partial charge in [0, 0.05) is 10.8 Å². The zero-order valence-corrected chi connectivity index (χ0v) is 14.0. The molecule has 3 nitrogen and oxygen atoms in total. The van der Waals surface area contributed by atoms with Crippen LogP contribution in [0.1, 0.15) is 37.0 Å². The van der Waals surface area contributed by atoms with Crippen molar-refractivity contribution in [2.75, 3.05) is 0 Å². The Morgan fingerprint density at radius 1 is 1.36 bits per heavy atom. The molecule has 0 radical (unpaired) electrons. The second-order valence-electron chi connectivity index (χ2n) is 5.61. The Balaban J connectivity index is 2.30. The van der Waals surface area contributed by atoms with Gasteiger partial charge >= 0.3 is 0 Å². The summed E-state index contributed by atoms with van der Waals surface area (Å²) in [5, 5.41) is 0.458. The predicted molar refractivity (Wildman–Crippen MR) is 94.9 cm³/mol. The van der Waals surface area contributed by atoms with Crippen LogP contribution in [0.5, 0.6) is 0 Å². The molecule has 0 aliphatic heterocycles. The number of benzene rings is 1. The SMILES string of the molecule is CCCC(C)SC1C=CC=CC1(NN)C(=O)c1ccccc1. The number of rotatable bonds is 7. The molecule has 3 unspecified atom stereocenters. The van der Waals surface area contributed by atoms with E-state index in [1.54, 1.807) is 11.8 Å². The van der Waals surface area contributed by atoms with Gasteiger partial charge in [0.2, 0.25) is 0 Å². The standard InChI is InChI=1S/C18H24N2OS/c1-3-9-14(2)22-16-12-7-8-13-18(16,20-19)17(21)15-10-5-4-6-11-15/h4-8,10-14,16,20H,3,9,19H2,1-2H3. The summed E-state index contributed by atoms with van der Waals surface area (Å²) in [4.78, 5) is 13.1. The summed E-state index contributed by atoms with van der Waals surface area (Å²) in [5.41, 5.74) is 2.59. The molecular weight excluding hydrogens is 292 g/mol. The van der Waals surface area contributed by atoms with E-state index in [-0.39, 0.29) is 11.0 Å². The lowest BCUT2D eigenvalue weighted by Gasteiger charge is -2.37. The summed E-state index contributed by atoms with van der Waals surface area (Å²) in [5.74, 6) is 5.86. The first-order valence-electron chi connectivity index (χ1n) is 7.73. The first-order valence-corrected chi connectivity index (χ1v) is 8.67. The average Bonchev–Trinajstić information content (AvgIpc) is 2.56. The number of nitrogens with one attached hydrogen (secondary N) is 1. The second-order valence-corrected chi connectivity index (χ2v) is 7.19. The molecule has 0 aromatic heterocycles. The van der Waals surface area contributed by atoms with E-state index in [4.69, 9.17) is 5.84 Å². The normalized spacial score (nSPS) is 25.1. The lowest BCUT2D eigenvalue weighted by atomic mass is 9.83. The number of carbonyl (C=O) groups excluding carboxylic acids is 1. The molecule has 118 valence electrons. The molecule has 1 aromatic rings. The molecule has 1 aromatic carbocycles. The van der Waals surface area contributed by atoms with Crippen LogP contribution in [0.4, 0.5) is 0 Å². The van der Waals surface area contributed by atoms with Gasteiger partial charge in [-0.15, -0.1) is 11.8 Å². The van der Waals surface area contributed by atoms with Gasteiger partial charge in [0.1, 0.15) is 5.54 Å². The monoisotopic (exact) mass is 316 g/mol. The van der Waals surface area contributed by atoms with Crippen molar-refractivity contribution in [2.24, 2.45) is 5.84 Å². The Labute approximate surface area is 137 Å². The molecule has 0 spiro atoms. The first-order chi connectivity index (χ1) is 10.6. The van der Waals surface area contributed by atoms with E-state index in [0.717, 1.165) is 12.8 Å². The Morgan fingerprint density at radius 3 is 2.73 bits per heavy atom. The number of hydrogen-bond acceptors (Lipinski definition) is 4. The van der Waals surface area contributed by atoms with E-state index in [2.05, 4.69) is 25.3 Å². The molecule has 3 atom stereocenters. The Bertz CT molecular complexity index is 555. The van der Waals surface area contributed by atoms with Gasteiger partial charge in [-0.3, -0.25) is 10.6 Å². The van der Waals surface area contributed by atoms with Gasteiger partial charge in [0.05, 0.1) is 5.25 Å². The molecular formula is C18H24N2OS. The molecule has 2 rings (SSSR count). The fourth-order valence-corrected chi connectivity index (χ4v) is 4.25. The topological polar surface area (TPSA) is 55.1 Å². The number of thioether (sulfide) groups is 1. The highest BCUT2D eigenvalue weighted by Crippen LogP contribution is 2.35. The lowest BCUT2D eigenvalue weighted by molar-refractivity contribution is 0.0897. The van der Waals surface area contributed by atoms with Crippen molar-refractivity contribution in [1.82, 2.24) is 5.43 Å². The van der Waals surface area contributed by atoms with Crippen LogP contribution in [-0.2, 0) is 0 Å². The number of allylic oxidation sites excluding steroid dienone is 2. The number of hydrogen-bond donors (Lipinski definition) is 2. The molecule has 0 amide bonds. The predicted octanol–water partition coefficient (Wildman–Crippen LogP) is 3.49. The smallest absolute Gasteiger partial charge is 0.189 e. The highest BCUT2D eigenvalue weighted by molar-refractivity contribution is 8.00. The molecule has 0 heterocycles. The van der Waals surface area contributed by atoms with E-state index in [1.165, 1.54) is 0 Å². The summed E-state index contributed by atoms with van der Waals surface area (Å²) in [6, 6.07) is 9.34. The van der Waals surface area contributed by atoms with Gasteiger partial charge in [-0.25, -0.2) is 5.43 Å². The quantitative estimate of drug-likeness (QED) is 0.459. The van der Waals surface area contributed by atoms with Crippen molar-refractivity contribution in [1.29, 1.82) is 0 Å². The molecule has 0 saturated carbocycles. The van der Waals surface area contributed by atoms with Crippen LogP contribution in [0, 0.1) is 0 Å². The van der Waals surface area contributed by atoms with Gasteiger partial charge in [-0.1, -0.05) is 74.9 Å². The van der Waals surface area contributed by atoms with Crippen LogP contribution >= 0.6 is 11.8 Å². The molecule has 4 heteroatoms. The van der Waals surface area contributed by atoms with Gasteiger partial charge in [-0.2, -0.15) is 0 Å². The summed E-state index contributed by atoms with van der Waals surface area (Å²) in [7, 11) is 0. The minimum absolute atomic E-state index is 0.0115. The zero-order chi connectivity index (χ0) is 16.0. The molecule has 0 bridgehead atoms. The van der Waals surface area contributed by atoms with E-state index in [9.17, 15) is 4.79 Å². The Hall–Kier alpha value is -1.36. The van der Waals surface area contributed by atoms with Crippen molar-refractivity contribution in [3.8, 4) is 0 Å². The molecule has 22 heavy (non-hydrogen) atoms. The number of carbonyl (C=O) groups is 1.